The molecule has 2 N–H and O–H groups in total. The summed E-state index contributed by atoms with van der Waals surface area (Å²) in [5, 5.41) is 0. The summed E-state index contributed by atoms with van der Waals surface area (Å²) < 4.78 is 1.17. The first-order valence-electron chi connectivity index (χ1n) is 1.85. The molecule has 0 bridgehead atoms. The summed E-state index contributed by atoms with van der Waals surface area (Å²) in [5.74, 6) is 0. The van der Waals surface area contributed by atoms with Gasteiger partial charge in [-0.3, -0.25) is 0 Å². The number of nitrogens with two attached hydrogens (primary N) is 1. The standard InChI is InChI=1S/C4H9NS2/c1-6-4(3-5)7-2/h3H,5H2,1-2H3. The quantitative estimate of drug-likeness (QED) is 0.621. The molecule has 1 nitrogen and oxygen atoms in total. The van der Waals surface area contributed by atoms with Crippen LogP contribution in [0.2, 0.25) is 0 Å². The van der Waals surface area contributed by atoms with E-state index in [4.69, 9.17) is 5.73 Å². The van der Waals surface area contributed by atoms with Crippen LogP contribution in [0.25, 0.3) is 0 Å². The van der Waals surface area contributed by atoms with Crippen molar-refractivity contribution in [1.82, 2.24) is 0 Å². The molecule has 0 aromatic heterocycles. The van der Waals surface area contributed by atoms with E-state index < -0.39 is 0 Å². The Kier molecular flexibility index (Phi) is 4.55. The average Bonchev–Trinajstić information content (AvgIpc) is 1.72. The Bertz CT molecular complexity index is 64.1. The first-order chi connectivity index (χ1) is 3.35. The van der Waals surface area contributed by atoms with Crippen LogP contribution in [-0.4, -0.2) is 12.5 Å². The summed E-state index contributed by atoms with van der Waals surface area (Å²) in [6.07, 6.45) is 5.64. The van der Waals surface area contributed by atoms with Gasteiger partial charge < -0.3 is 5.73 Å². The third-order valence-corrected chi connectivity index (χ3v) is 2.62. The van der Waals surface area contributed by atoms with Gasteiger partial charge in [-0.25, -0.2) is 0 Å². The molecule has 0 spiro atoms. The van der Waals surface area contributed by atoms with Crippen LogP contribution < -0.4 is 5.73 Å². The van der Waals surface area contributed by atoms with E-state index >= 15 is 0 Å². The van der Waals surface area contributed by atoms with Crippen molar-refractivity contribution in [1.29, 1.82) is 0 Å². The molecule has 0 aromatic rings. The summed E-state index contributed by atoms with van der Waals surface area (Å²) in [6.45, 7) is 0. The van der Waals surface area contributed by atoms with Crippen LogP contribution >= 0.6 is 23.5 Å². The van der Waals surface area contributed by atoms with E-state index in [2.05, 4.69) is 0 Å². The highest BCUT2D eigenvalue weighted by atomic mass is 32.2. The molecule has 0 heterocycles. The molecule has 0 atom stereocenters. The fourth-order valence-corrected chi connectivity index (χ4v) is 1.16. The molecule has 0 aliphatic heterocycles. The van der Waals surface area contributed by atoms with Crippen LogP contribution in [0.15, 0.2) is 10.4 Å². The molecule has 3 heteroatoms. The highest BCUT2D eigenvalue weighted by Crippen LogP contribution is 2.20. The number of rotatable bonds is 2. The molecule has 0 saturated carbocycles. The number of thioether (sulfide) groups is 2. The van der Waals surface area contributed by atoms with Crippen molar-refractivity contribution in [3.05, 3.63) is 10.4 Å². The Labute approximate surface area is 52.7 Å². The van der Waals surface area contributed by atoms with Crippen LogP contribution in [0.4, 0.5) is 0 Å². The van der Waals surface area contributed by atoms with Gasteiger partial charge >= 0.3 is 0 Å². The van der Waals surface area contributed by atoms with Crippen LogP contribution in [0.3, 0.4) is 0 Å². The van der Waals surface area contributed by atoms with Crippen LogP contribution in [-0.2, 0) is 0 Å². The van der Waals surface area contributed by atoms with Crippen molar-refractivity contribution in [2.24, 2.45) is 5.73 Å². The van der Waals surface area contributed by atoms with E-state index in [0.717, 1.165) is 0 Å². The van der Waals surface area contributed by atoms with Gasteiger partial charge in [-0.15, -0.1) is 23.5 Å². The van der Waals surface area contributed by atoms with Gasteiger partial charge in [0, 0.05) is 6.20 Å². The molecule has 42 valence electrons. The zero-order chi connectivity index (χ0) is 5.70. The Balaban J connectivity index is 3.38. The van der Waals surface area contributed by atoms with E-state index in [1.165, 1.54) is 4.24 Å². The maximum atomic E-state index is 5.19. The second kappa shape index (κ2) is 4.40. The van der Waals surface area contributed by atoms with Crippen molar-refractivity contribution in [3.8, 4) is 0 Å². The minimum atomic E-state index is 1.17. The Morgan fingerprint density at radius 1 is 1.43 bits per heavy atom. The SMILES string of the molecule is CSC(=CN)SC. The minimum Gasteiger partial charge on any atom is -0.403 e. The number of hydrogen-bond acceptors (Lipinski definition) is 3. The molecular formula is C4H9NS2. The Morgan fingerprint density at radius 3 is 1.86 bits per heavy atom. The summed E-state index contributed by atoms with van der Waals surface area (Å²) >= 11 is 3.34. The average molecular weight is 135 g/mol. The predicted octanol–water partition coefficient (Wildman–Crippen LogP) is 1.47. The lowest BCUT2D eigenvalue weighted by Gasteiger charge is -1.91. The predicted molar refractivity (Wildman–Crippen MR) is 39.3 cm³/mol. The van der Waals surface area contributed by atoms with Crippen molar-refractivity contribution < 1.29 is 0 Å². The molecule has 0 rings (SSSR count). The van der Waals surface area contributed by atoms with Gasteiger partial charge in [0.2, 0.25) is 0 Å². The molecule has 0 unspecified atom stereocenters. The van der Waals surface area contributed by atoms with Crippen molar-refractivity contribution in [2.45, 2.75) is 0 Å². The second-order valence-corrected chi connectivity index (χ2v) is 2.85. The molecular weight excluding hydrogens is 126 g/mol. The van der Waals surface area contributed by atoms with Gasteiger partial charge in [0.05, 0.1) is 4.24 Å². The second-order valence-electron chi connectivity index (χ2n) is 0.894. The van der Waals surface area contributed by atoms with E-state index in [0.29, 0.717) is 0 Å². The third-order valence-electron chi connectivity index (χ3n) is 0.538. The van der Waals surface area contributed by atoms with E-state index in [1.54, 1.807) is 29.7 Å². The van der Waals surface area contributed by atoms with Crippen LogP contribution in [0.1, 0.15) is 0 Å². The molecule has 0 fully saturated rings. The van der Waals surface area contributed by atoms with Gasteiger partial charge in [-0.1, -0.05) is 0 Å². The normalized spacial score (nSPS) is 8.29. The van der Waals surface area contributed by atoms with Gasteiger partial charge in [0.1, 0.15) is 0 Å². The van der Waals surface area contributed by atoms with Crippen LogP contribution in [0.5, 0.6) is 0 Å². The highest BCUT2D eigenvalue weighted by Gasteiger charge is 1.84. The topological polar surface area (TPSA) is 26.0 Å². The third kappa shape index (κ3) is 2.88. The molecule has 0 saturated heterocycles. The molecule has 7 heavy (non-hydrogen) atoms. The fourth-order valence-electron chi connectivity index (χ4n) is 0.219. The van der Waals surface area contributed by atoms with Gasteiger partial charge in [-0.05, 0) is 12.5 Å². The Morgan fingerprint density at radius 2 is 1.86 bits per heavy atom. The first-order valence-corrected chi connectivity index (χ1v) is 4.30. The maximum Gasteiger partial charge on any atom is 0.0551 e. The summed E-state index contributed by atoms with van der Waals surface area (Å²) in [7, 11) is 0. The largest absolute Gasteiger partial charge is 0.403 e. The lowest BCUT2D eigenvalue weighted by atomic mass is 11.1. The molecule has 0 aromatic carbocycles. The van der Waals surface area contributed by atoms with Crippen molar-refractivity contribution in [2.75, 3.05) is 12.5 Å². The number of hydrogen-bond donors (Lipinski definition) is 1. The molecule has 0 aliphatic carbocycles. The fraction of sp³-hybridized carbons (Fsp3) is 0.500. The lowest BCUT2D eigenvalue weighted by molar-refractivity contribution is 1.62. The molecule has 0 radical (unpaired) electrons. The Hall–Kier alpha value is 0.240. The first kappa shape index (κ1) is 7.24. The lowest BCUT2D eigenvalue weighted by Crippen LogP contribution is -1.78. The molecule has 0 amide bonds. The van der Waals surface area contributed by atoms with Gasteiger partial charge in [0.25, 0.3) is 0 Å². The zero-order valence-corrected chi connectivity index (χ0v) is 6.10. The summed E-state index contributed by atoms with van der Waals surface area (Å²) in [5.41, 5.74) is 5.19. The minimum absolute atomic E-state index is 1.17. The monoisotopic (exact) mass is 135 g/mol. The highest BCUT2D eigenvalue weighted by molar-refractivity contribution is 8.21. The van der Waals surface area contributed by atoms with Crippen LogP contribution in [0, 0.1) is 0 Å². The van der Waals surface area contributed by atoms with E-state index in [1.807, 2.05) is 12.5 Å². The smallest absolute Gasteiger partial charge is 0.0551 e. The summed E-state index contributed by atoms with van der Waals surface area (Å²) in [6, 6.07) is 0. The zero-order valence-electron chi connectivity index (χ0n) is 4.47. The summed E-state index contributed by atoms with van der Waals surface area (Å²) in [4.78, 5) is 0. The van der Waals surface area contributed by atoms with E-state index in [-0.39, 0.29) is 0 Å². The van der Waals surface area contributed by atoms with Crippen molar-refractivity contribution in [3.63, 3.8) is 0 Å². The van der Waals surface area contributed by atoms with Crippen molar-refractivity contribution >= 4 is 23.5 Å². The maximum absolute atomic E-state index is 5.19. The van der Waals surface area contributed by atoms with Gasteiger partial charge in [-0.2, -0.15) is 0 Å². The van der Waals surface area contributed by atoms with E-state index in [9.17, 15) is 0 Å². The van der Waals surface area contributed by atoms with Gasteiger partial charge in [0.15, 0.2) is 0 Å². The molecule has 0 aliphatic rings.